The molecule has 0 radical (unpaired) electrons. The van der Waals surface area contributed by atoms with Gasteiger partial charge < -0.3 is 25.2 Å². The highest BCUT2D eigenvalue weighted by molar-refractivity contribution is 5.73. The zero-order valence-corrected chi connectivity index (χ0v) is 14.7. The van der Waals surface area contributed by atoms with Gasteiger partial charge in [0.2, 0.25) is 12.3 Å². The fourth-order valence-corrected chi connectivity index (χ4v) is 3.40. The van der Waals surface area contributed by atoms with Gasteiger partial charge in [-0.1, -0.05) is 0 Å². The van der Waals surface area contributed by atoms with Crippen LogP contribution in [0.5, 0.6) is 5.88 Å². The summed E-state index contributed by atoms with van der Waals surface area (Å²) in [6, 6.07) is 0.140. The summed E-state index contributed by atoms with van der Waals surface area (Å²) in [5.41, 5.74) is 8.63. The number of ether oxygens (including phenoxy) is 2. The maximum Gasteiger partial charge on any atom is 0.218 e. The van der Waals surface area contributed by atoms with E-state index in [0.717, 1.165) is 43.6 Å². The molecule has 7 heteroatoms. The highest BCUT2D eigenvalue weighted by Gasteiger charge is 2.29. The predicted octanol–water partition coefficient (Wildman–Crippen LogP) is 1.25. The number of rotatable bonds is 4. The molecule has 1 aromatic heterocycles. The van der Waals surface area contributed by atoms with Crippen LogP contribution in [0.3, 0.4) is 0 Å². The number of anilines is 2. The first kappa shape index (κ1) is 17.3. The Morgan fingerprint density at radius 2 is 2.29 bits per heavy atom. The fourth-order valence-electron chi connectivity index (χ4n) is 3.40. The lowest BCUT2D eigenvalue weighted by Crippen LogP contribution is -2.51. The molecule has 1 saturated heterocycles. The average molecular weight is 336 g/mol. The molecule has 2 aliphatic heterocycles. The van der Waals surface area contributed by atoms with Gasteiger partial charge in [0.1, 0.15) is 0 Å². The standard InChI is InChI=1S/C17H28N4O3/c1-17(2,3)24-16(22)20-11-5-4-7-21(10-11)14-12-6-8-23-15(12)19-9-13(14)18/h9,11,16,20,22H,4-8,10,18H2,1-3H3. The molecule has 2 unspecified atom stereocenters. The number of aliphatic hydroxyl groups is 1. The van der Waals surface area contributed by atoms with Crippen LogP contribution in [0, 0.1) is 0 Å². The topological polar surface area (TPSA) is 92.9 Å². The van der Waals surface area contributed by atoms with E-state index in [-0.39, 0.29) is 6.04 Å². The van der Waals surface area contributed by atoms with Gasteiger partial charge in [0.05, 0.1) is 29.8 Å². The van der Waals surface area contributed by atoms with E-state index < -0.39 is 12.0 Å². The van der Waals surface area contributed by atoms with E-state index in [1.165, 1.54) is 0 Å². The molecule has 2 atom stereocenters. The van der Waals surface area contributed by atoms with Crippen molar-refractivity contribution in [3.8, 4) is 5.88 Å². The number of piperidine rings is 1. The molecule has 0 aromatic carbocycles. The van der Waals surface area contributed by atoms with Crippen LogP contribution < -0.4 is 20.7 Å². The van der Waals surface area contributed by atoms with Gasteiger partial charge in [0, 0.05) is 31.1 Å². The lowest BCUT2D eigenvalue weighted by atomic mass is 10.0. The second kappa shape index (κ2) is 6.74. The van der Waals surface area contributed by atoms with Crippen LogP contribution in [0.25, 0.3) is 0 Å². The monoisotopic (exact) mass is 336 g/mol. The molecule has 0 amide bonds. The Morgan fingerprint density at radius 3 is 3.04 bits per heavy atom. The molecule has 7 nitrogen and oxygen atoms in total. The molecule has 1 aromatic rings. The summed E-state index contributed by atoms with van der Waals surface area (Å²) >= 11 is 0. The van der Waals surface area contributed by atoms with Crippen molar-refractivity contribution in [2.75, 3.05) is 30.3 Å². The smallest absolute Gasteiger partial charge is 0.218 e. The largest absolute Gasteiger partial charge is 0.477 e. The first-order valence-electron chi connectivity index (χ1n) is 8.60. The van der Waals surface area contributed by atoms with Crippen LogP contribution in [-0.2, 0) is 11.2 Å². The maximum atomic E-state index is 10.1. The van der Waals surface area contributed by atoms with Crippen molar-refractivity contribution >= 4 is 11.4 Å². The van der Waals surface area contributed by atoms with E-state index in [1.54, 1.807) is 6.20 Å². The number of nitrogens with two attached hydrogens (primary N) is 1. The summed E-state index contributed by atoms with van der Waals surface area (Å²) in [4.78, 5) is 6.55. The lowest BCUT2D eigenvalue weighted by Gasteiger charge is -2.37. The van der Waals surface area contributed by atoms with Crippen molar-refractivity contribution in [1.82, 2.24) is 10.3 Å². The van der Waals surface area contributed by atoms with Gasteiger partial charge >= 0.3 is 0 Å². The quantitative estimate of drug-likeness (QED) is 0.713. The van der Waals surface area contributed by atoms with Crippen molar-refractivity contribution < 1.29 is 14.6 Å². The summed E-state index contributed by atoms with van der Waals surface area (Å²) in [6.07, 6.45) is 3.56. The van der Waals surface area contributed by atoms with Crippen molar-refractivity contribution in [2.45, 2.75) is 58.1 Å². The number of nitrogens with one attached hydrogen (secondary N) is 1. The first-order valence-corrected chi connectivity index (χ1v) is 8.60. The van der Waals surface area contributed by atoms with Gasteiger partial charge in [0.15, 0.2) is 0 Å². The molecule has 4 N–H and O–H groups in total. The molecular weight excluding hydrogens is 308 g/mol. The zero-order chi connectivity index (χ0) is 17.3. The van der Waals surface area contributed by atoms with Gasteiger partial charge in [-0.15, -0.1) is 0 Å². The molecule has 134 valence electrons. The third-order valence-corrected chi connectivity index (χ3v) is 4.31. The third-order valence-electron chi connectivity index (χ3n) is 4.31. The molecule has 3 heterocycles. The van der Waals surface area contributed by atoms with Crippen LogP contribution in [0.2, 0.25) is 0 Å². The van der Waals surface area contributed by atoms with Crippen LogP contribution >= 0.6 is 0 Å². The number of nitrogens with zero attached hydrogens (tertiary/aromatic N) is 2. The second-order valence-corrected chi connectivity index (χ2v) is 7.48. The van der Waals surface area contributed by atoms with Crippen LogP contribution in [0.15, 0.2) is 6.20 Å². The van der Waals surface area contributed by atoms with Gasteiger partial charge in [0.25, 0.3) is 0 Å². The van der Waals surface area contributed by atoms with E-state index in [9.17, 15) is 5.11 Å². The van der Waals surface area contributed by atoms with E-state index in [4.69, 9.17) is 15.2 Å². The third kappa shape index (κ3) is 3.91. The molecule has 24 heavy (non-hydrogen) atoms. The van der Waals surface area contributed by atoms with Crippen LogP contribution in [0.4, 0.5) is 11.4 Å². The Balaban J connectivity index is 1.70. The highest BCUT2D eigenvalue weighted by atomic mass is 16.6. The first-order chi connectivity index (χ1) is 11.3. The molecule has 1 fully saturated rings. The Hall–Kier alpha value is -1.57. The van der Waals surface area contributed by atoms with Crippen molar-refractivity contribution in [1.29, 1.82) is 0 Å². The molecule has 0 bridgehead atoms. The number of fused-ring (bicyclic) bond motifs is 1. The molecule has 2 aliphatic rings. The minimum absolute atomic E-state index is 0.140. The second-order valence-electron chi connectivity index (χ2n) is 7.48. The van der Waals surface area contributed by atoms with Gasteiger partial charge in [-0.25, -0.2) is 4.98 Å². The van der Waals surface area contributed by atoms with Crippen molar-refractivity contribution in [3.63, 3.8) is 0 Å². The average Bonchev–Trinajstić information content (AvgIpc) is 2.93. The van der Waals surface area contributed by atoms with Crippen LogP contribution in [-0.4, -0.2) is 47.8 Å². The van der Waals surface area contributed by atoms with E-state index >= 15 is 0 Å². The van der Waals surface area contributed by atoms with Gasteiger partial charge in [-0.2, -0.15) is 0 Å². The van der Waals surface area contributed by atoms with E-state index in [1.807, 2.05) is 20.8 Å². The Morgan fingerprint density at radius 1 is 1.50 bits per heavy atom. The summed E-state index contributed by atoms with van der Waals surface area (Å²) in [7, 11) is 0. The van der Waals surface area contributed by atoms with Crippen LogP contribution in [0.1, 0.15) is 39.2 Å². The fraction of sp³-hybridized carbons (Fsp3) is 0.706. The number of pyridine rings is 1. The molecule has 0 saturated carbocycles. The molecule has 0 aliphatic carbocycles. The minimum Gasteiger partial charge on any atom is -0.477 e. The lowest BCUT2D eigenvalue weighted by molar-refractivity contribution is -0.185. The highest BCUT2D eigenvalue weighted by Crippen LogP contribution is 2.37. The Kier molecular flexibility index (Phi) is 4.85. The number of aliphatic hydroxyl groups excluding tert-OH is 1. The summed E-state index contributed by atoms with van der Waals surface area (Å²) in [5.74, 6) is 0.699. The molecule has 3 rings (SSSR count). The number of hydrogen-bond donors (Lipinski definition) is 3. The Labute approximate surface area is 143 Å². The summed E-state index contributed by atoms with van der Waals surface area (Å²) < 4.78 is 11.1. The number of nitrogen functional groups attached to an aromatic ring is 1. The molecular formula is C17H28N4O3. The van der Waals surface area contributed by atoms with Gasteiger partial charge in [-0.05, 0) is 33.6 Å². The van der Waals surface area contributed by atoms with Crippen molar-refractivity contribution in [2.24, 2.45) is 0 Å². The van der Waals surface area contributed by atoms with Gasteiger partial charge in [-0.3, -0.25) is 5.32 Å². The van der Waals surface area contributed by atoms with E-state index in [0.29, 0.717) is 18.2 Å². The Bertz CT molecular complexity index is 588. The van der Waals surface area contributed by atoms with Crippen molar-refractivity contribution in [3.05, 3.63) is 11.8 Å². The predicted molar refractivity (Wildman–Crippen MR) is 93.1 cm³/mol. The normalized spacial score (nSPS) is 22.2. The summed E-state index contributed by atoms with van der Waals surface area (Å²) in [6.45, 7) is 8.14. The summed E-state index contributed by atoms with van der Waals surface area (Å²) in [5, 5.41) is 13.3. The number of hydrogen-bond acceptors (Lipinski definition) is 7. The number of aromatic nitrogens is 1. The van der Waals surface area contributed by atoms with E-state index in [2.05, 4.69) is 15.2 Å². The SMILES string of the molecule is CC(C)(C)OC(O)NC1CCCN(c2c(N)cnc3c2CCO3)C1. The maximum absolute atomic E-state index is 10.1. The minimum atomic E-state index is -0.973. The molecule has 0 spiro atoms. The zero-order valence-electron chi connectivity index (χ0n) is 14.7.